The SMILES string of the molecule is CC(C)CC(NC(=O)C(N)Cc1cnc[nH]1)C(=O)NC(CC(=O)O)C(=O)NC(Cc1ccc(O)cc1)C(=O)O. The van der Waals surface area contributed by atoms with Crippen LogP contribution in [-0.4, -0.2) is 79.1 Å². The molecule has 0 fully saturated rings. The van der Waals surface area contributed by atoms with Crippen LogP contribution in [-0.2, 0) is 36.8 Å². The number of phenolic OH excluding ortho intramolecular Hbond substituents is 1. The number of nitrogens with zero attached hydrogens (tertiary/aromatic N) is 1. The molecule has 39 heavy (non-hydrogen) atoms. The van der Waals surface area contributed by atoms with Crippen molar-refractivity contribution in [2.24, 2.45) is 11.7 Å². The maximum atomic E-state index is 13.1. The molecule has 1 aromatic carbocycles. The third-order valence-electron chi connectivity index (χ3n) is 5.67. The third-order valence-corrected chi connectivity index (χ3v) is 5.67. The van der Waals surface area contributed by atoms with Gasteiger partial charge in [0.05, 0.1) is 18.8 Å². The number of phenols is 1. The number of benzene rings is 1. The summed E-state index contributed by atoms with van der Waals surface area (Å²) in [5.74, 6) is -5.37. The highest BCUT2D eigenvalue weighted by atomic mass is 16.4. The van der Waals surface area contributed by atoms with E-state index < -0.39 is 60.2 Å². The lowest BCUT2D eigenvalue weighted by Crippen LogP contribution is -2.58. The van der Waals surface area contributed by atoms with Crippen molar-refractivity contribution in [3.63, 3.8) is 0 Å². The van der Waals surface area contributed by atoms with Crippen LogP contribution in [0.15, 0.2) is 36.8 Å². The summed E-state index contributed by atoms with van der Waals surface area (Å²) >= 11 is 0. The molecule has 9 N–H and O–H groups in total. The zero-order chi connectivity index (χ0) is 29.1. The predicted molar refractivity (Wildman–Crippen MR) is 137 cm³/mol. The molecule has 14 heteroatoms. The molecular weight excluding hydrogens is 512 g/mol. The third kappa shape index (κ3) is 10.4. The Morgan fingerprint density at radius 3 is 2.03 bits per heavy atom. The van der Waals surface area contributed by atoms with E-state index in [1.165, 1.54) is 36.8 Å². The molecule has 0 aliphatic heterocycles. The van der Waals surface area contributed by atoms with Crippen LogP contribution in [0.4, 0.5) is 0 Å². The van der Waals surface area contributed by atoms with E-state index in [0.717, 1.165) is 0 Å². The zero-order valence-corrected chi connectivity index (χ0v) is 21.6. The standard InChI is InChI=1S/C25H34N6O8/c1-13(2)7-18(29-22(35)17(26)9-15-11-27-12-28-15)23(36)30-19(10-21(33)34)24(37)31-20(25(38)39)8-14-3-5-16(32)6-4-14/h3-6,11-13,17-20,32H,7-10,26H2,1-2H3,(H,27,28)(H,29,35)(H,30,36)(H,31,37)(H,33,34)(H,38,39). The van der Waals surface area contributed by atoms with Crippen molar-refractivity contribution in [3.05, 3.63) is 48.0 Å². The number of carbonyl (C=O) groups is 5. The summed E-state index contributed by atoms with van der Waals surface area (Å²) in [5.41, 5.74) is 7.06. The minimum atomic E-state index is -1.62. The second kappa shape index (κ2) is 14.5. The number of nitrogens with two attached hydrogens (primary N) is 1. The molecule has 2 aromatic rings. The van der Waals surface area contributed by atoms with E-state index in [1.54, 1.807) is 13.8 Å². The molecule has 0 bridgehead atoms. The van der Waals surface area contributed by atoms with Crippen molar-refractivity contribution >= 4 is 29.7 Å². The van der Waals surface area contributed by atoms with Gasteiger partial charge < -0.3 is 42.0 Å². The lowest BCUT2D eigenvalue weighted by molar-refractivity contribution is -0.143. The molecule has 0 saturated heterocycles. The maximum Gasteiger partial charge on any atom is 0.326 e. The van der Waals surface area contributed by atoms with Gasteiger partial charge in [0.2, 0.25) is 17.7 Å². The van der Waals surface area contributed by atoms with Gasteiger partial charge in [-0.25, -0.2) is 9.78 Å². The minimum Gasteiger partial charge on any atom is -0.508 e. The average Bonchev–Trinajstić information content (AvgIpc) is 3.36. The van der Waals surface area contributed by atoms with Crippen LogP contribution in [0.2, 0.25) is 0 Å². The van der Waals surface area contributed by atoms with E-state index >= 15 is 0 Å². The van der Waals surface area contributed by atoms with Crippen LogP contribution in [0.5, 0.6) is 5.75 Å². The Kier molecular flexibility index (Phi) is 11.4. The molecule has 0 aliphatic rings. The van der Waals surface area contributed by atoms with E-state index in [-0.39, 0.29) is 30.9 Å². The predicted octanol–water partition coefficient (Wildman–Crippen LogP) is -0.712. The van der Waals surface area contributed by atoms with Gasteiger partial charge in [0.25, 0.3) is 0 Å². The number of H-pyrrole nitrogens is 1. The van der Waals surface area contributed by atoms with Crippen molar-refractivity contribution in [1.29, 1.82) is 0 Å². The highest BCUT2D eigenvalue weighted by Gasteiger charge is 2.32. The molecule has 14 nitrogen and oxygen atoms in total. The molecule has 1 aromatic heterocycles. The summed E-state index contributed by atoms with van der Waals surface area (Å²) in [5, 5.41) is 35.4. The number of rotatable bonds is 15. The summed E-state index contributed by atoms with van der Waals surface area (Å²) in [7, 11) is 0. The second-order valence-corrected chi connectivity index (χ2v) is 9.51. The number of hydrogen-bond donors (Lipinski definition) is 8. The normalized spacial score (nSPS) is 14.1. The zero-order valence-electron chi connectivity index (χ0n) is 21.6. The van der Waals surface area contributed by atoms with Crippen LogP contribution in [0, 0.1) is 5.92 Å². The molecule has 3 amide bonds. The maximum absolute atomic E-state index is 13.1. The molecule has 1 heterocycles. The van der Waals surface area contributed by atoms with Gasteiger partial charge in [0.1, 0.15) is 23.9 Å². The average molecular weight is 547 g/mol. The topological polar surface area (TPSA) is 237 Å². The Labute approximate surface area is 224 Å². The Morgan fingerprint density at radius 1 is 0.897 bits per heavy atom. The van der Waals surface area contributed by atoms with Gasteiger partial charge in [-0.3, -0.25) is 19.2 Å². The molecule has 4 unspecified atom stereocenters. The number of aromatic hydroxyl groups is 1. The quantitative estimate of drug-likeness (QED) is 0.140. The fourth-order valence-corrected chi connectivity index (χ4v) is 3.70. The summed E-state index contributed by atoms with van der Waals surface area (Å²) in [4.78, 5) is 68.6. The fourth-order valence-electron chi connectivity index (χ4n) is 3.70. The lowest BCUT2D eigenvalue weighted by atomic mass is 10.0. The van der Waals surface area contributed by atoms with E-state index in [2.05, 4.69) is 25.9 Å². The number of aromatic amines is 1. The first-order valence-electron chi connectivity index (χ1n) is 12.2. The molecule has 0 saturated carbocycles. The summed E-state index contributed by atoms with van der Waals surface area (Å²) in [6.07, 6.45) is 2.24. The Morgan fingerprint density at radius 2 is 1.49 bits per heavy atom. The van der Waals surface area contributed by atoms with Crippen molar-refractivity contribution in [3.8, 4) is 5.75 Å². The first kappa shape index (κ1) is 30.8. The molecule has 4 atom stereocenters. The molecule has 0 radical (unpaired) electrons. The van der Waals surface area contributed by atoms with Crippen LogP contribution in [0.3, 0.4) is 0 Å². The van der Waals surface area contributed by atoms with Gasteiger partial charge in [-0.05, 0) is 30.0 Å². The number of aliphatic carboxylic acids is 2. The van der Waals surface area contributed by atoms with Crippen molar-refractivity contribution in [2.45, 2.75) is 63.7 Å². The first-order chi connectivity index (χ1) is 18.3. The highest BCUT2D eigenvalue weighted by molar-refractivity contribution is 5.95. The second-order valence-electron chi connectivity index (χ2n) is 9.51. The molecule has 0 aliphatic carbocycles. The largest absolute Gasteiger partial charge is 0.508 e. The highest BCUT2D eigenvalue weighted by Crippen LogP contribution is 2.12. The first-order valence-corrected chi connectivity index (χ1v) is 12.2. The van der Waals surface area contributed by atoms with Crippen LogP contribution < -0.4 is 21.7 Å². The van der Waals surface area contributed by atoms with Crippen LogP contribution >= 0.6 is 0 Å². The number of hydrogen-bond acceptors (Lipinski definition) is 8. The fraction of sp³-hybridized carbons (Fsp3) is 0.440. The van der Waals surface area contributed by atoms with Gasteiger partial charge in [-0.2, -0.15) is 0 Å². The van der Waals surface area contributed by atoms with Gasteiger partial charge >= 0.3 is 11.9 Å². The van der Waals surface area contributed by atoms with Gasteiger partial charge in [0, 0.05) is 24.7 Å². The van der Waals surface area contributed by atoms with Gasteiger partial charge in [-0.15, -0.1) is 0 Å². The molecule has 0 spiro atoms. The molecule has 212 valence electrons. The Bertz CT molecular complexity index is 1140. The Balaban J connectivity index is 2.13. The van der Waals surface area contributed by atoms with Crippen LogP contribution in [0.25, 0.3) is 0 Å². The number of carbonyl (C=O) groups excluding carboxylic acids is 3. The molecular formula is C25H34N6O8. The number of amides is 3. The number of imidazole rings is 1. The monoisotopic (exact) mass is 546 g/mol. The van der Waals surface area contributed by atoms with Gasteiger partial charge in [-0.1, -0.05) is 26.0 Å². The van der Waals surface area contributed by atoms with Crippen molar-refractivity contribution in [1.82, 2.24) is 25.9 Å². The number of nitrogens with one attached hydrogen (secondary N) is 4. The number of carboxylic acid groups (broad SMARTS) is 2. The van der Waals surface area contributed by atoms with Gasteiger partial charge in [0.15, 0.2) is 0 Å². The van der Waals surface area contributed by atoms with E-state index in [9.17, 15) is 39.3 Å². The summed E-state index contributed by atoms with van der Waals surface area (Å²) in [6.45, 7) is 3.61. The summed E-state index contributed by atoms with van der Waals surface area (Å²) < 4.78 is 0. The van der Waals surface area contributed by atoms with Crippen molar-refractivity contribution in [2.75, 3.05) is 0 Å². The minimum absolute atomic E-state index is 0.0239. The van der Waals surface area contributed by atoms with Crippen molar-refractivity contribution < 1.29 is 39.3 Å². The number of aromatic nitrogens is 2. The van der Waals surface area contributed by atoms with E-state index in [0.29, 0.717) is 11.3 Å². The smallest absolute Gasteiger partial charge is 0.326 e. The van der Waals surface area contributed by atoms with E-state index in [4.69, 9.17) is 5.73 Å². The molecule has 2 rings (SSSR count). The number of carboxylic acids is 2. The Hall–Kier alpha value is -4.46. The van der Waals surface area contributed by atoms with E-state index in [1.807, 2.05) is 0 Å². The summed E-state index contributed by atoms with van der Waals surface area (Å²) in [6, 6.07) is 0.447. The van der Waals surface area contributed by atoms with Crippen LogP contribution in [0.1, 0.15) is 37.9 Å². The lowest BCUT2D eigenvalue weighted by Gasteiger charge is -2.25.